The Labute approximate surface area is 220 Å². The van der Waals surface area contributed by atoms with Crippen molar-refractivity contribution in [3.8, 4) is 5.75 Å². The van der Waals surface area contributed by atoms with Gasteiger partial charge in [-0.2, -0.15) is 4.31 Å². The van der Waals surface area contributed by atoms with Crippen molar-refractivity contribution in [2.75, 3.05) is 37.6 Å². The quantitative estimate of drug-likeness (QED) is 0.387. The van der Waals surface area contributed by atoms with Gasteiger partial charge in [-0.15, -0.1) is 0 Å². The van der Waals surface area contributed by atoms with Gasteiger partial charge in [-0.3, -0.25) is 9.52 Å². The zero-order chi connectivity index (χ0) is 27.2. The number of benzene rings is 3. The fourth-order valence-corrected chi connectivity index (χ4v) is 6.03. The molecule has 3 aromatic rings. The Morgan fingerprint density at radius 3 is 2.11 bits per heavy atom. The number of carbonyl (C=O) groups excluding carboxylic acids is 1. The van der Waals surface area contributed by atoms with E-state index < -0.39 is 31.8 Å². The lowest BCUT2D eigenvalue weighted by Crippen LogP contribution is -2.40. The zero-order valence-electron chi connectivity index (χ0n) is 20.2. The van der Waals surface area contributed by atoms with E-state index in [1.807, 2.05) is 0 Å². The topological polar surface area (TPSA) is 131 Å². The van der Waals surface area contributed by atoms with Crippen LogP contribution in [0.2, 0.25) is 0 Å². The summed E-state index contributed by atoms with van der Waals surface area (Å²) in [5.41, 5.74) is 0.930. The molecule has 1 fully saturated rings. The van der Waals surface area contributed by atoms with Crippen molar-refractivity contribution in [2.45, 2.75) is 16.3 Å². The smallest absolute Gasteiger partial charge is 0.261 e. The van der Waals surface area contributed by atoms with Crippen LogP contribution in [0.25, 0.3) is 0 Å². The molecule has 10 nitrogen and oxygen atoms in total. The van der Waals surface area contributed by atoms with E-state index in [2.05, 4.69) is 10.0 Å². The number of hydrogen-bond acceptors (Lipinski definition) is 7. The van der Waals surface area contributed by atoms with Gasteiger partial charge in [0.2, 0.25) is 10.0 Å². The van der Waals surface area contributed by atoms with Gasteiger partial charge in [-0.05, 0) is 66.2 Å². The molecule has 0 aromatic heterocycles. The van der Waals surface area contributed by atoms with Crippen molar-refractivity contribution >= 4 is 31.6 Å². The first-order valence-corrected chi connectivity index (χ1v) is 14.5. The Bertz CT molecular complexity index is 1460. The van der Waals surface area contributed by atoms with E-state index in [0.717, 1.165) is 12.1 Å². The predicted molar refractivity (Wildman–Crippen MR) is 137 cm³/mol. The van der Waals surface area contributed by atoms with Gasteiger partial charge in [-0.1, -0.05) is 12.1 Å². The van der Waals surface area contributed by atoms with Crippen molar-refractivity contribution in [3.05, 3.63) is 84.2 Å². The van der Waals surface area contributed by atoms with Gasteiger partial charge in [0.15, 0.2) is 6.61 Å². The molecule has 0 saturated carbocycles. The molecule has 38 heavy (non-hydrogen) atoms. The standard InChI is InChI=1S/C25H26FN3O7S2/c26-20-3-5-21(6-4-20)28-37(31,32)23-11-7-22(8-12-23)36-18-25(30)27-17-19-1-9-24(10-2-19)38(33,34)29-13-15-35-16-14-29/h1-12,28H,13-18H2,(H,27,30). The fraction of sp³-hybridized carbons (Fsp3) is 0.240. The minimum absolute atomic E-state index is 0.0299. The molecule has 4 rings (SSSR count). The van der Waals surface area contributed by atoms with Crippen LogP contribution < -0.4 is 14.8 Å². The van der Waals surface area contributed by atoms with Gasteiger partial charge in [0, 0.05) is 25.3 Å². The van der Waals surface area contributed by atoms with Gasteiger partial charge < -0.3 is 14.8 Å². The largest absolute Gasteiger partial charge is 0.484 e. The second-order valence-corrected chi connectivity index (χ2v) is 11.9. The SMILES string of the molecule is O=C(COc1ccc(S(=O)(=O)Nc2ccc(F)cc2)cc1)NCc1ccc(S(=O)(=O)N2CCOCC2)cc1. The number of anilines is 1. The second kappa shape index (κ2) is 11.9. The molecule has 1 aliphatic heterocycles. The van der Waals surface area contributed by atoms with Crippen molar-refractivity contribution in [3.63, 3.8) is 0 Å². The third kappa shape index (κ3) is 7.07. The number of carbonyl (C=O) groups is 1. The first kappa shape index (κ1) is 27.5. The van der Waals surface area contributed by atoms with Crippen LogP contribution in [0.4, 0.5) is 10.1 Å². The van der Waals surface area contributed by atoms with E-state index in [1.165, 1.54) is 52.8 Å². The summed E-state index contributed by atoms with van der Waals surface area (Å²) >= 11 is 0. The summed E-state index contributed by atoms with van der Waals surface area (Å²) in [6.45, 7) is 1.22. The van der Waals surface area contributed by atoms with Crippen LogP contribution in [0.5, 0.6) is 5.75 Å². The molecule has 0 bridgehead atoms. The van der Waals surface area contributed by atoms with E-state index >= 15 is 0 Å². The molecule has 0 aliphatic carbocycles. The second-order valence-electron chi connectivity index (χ2n) is 8.31. The molecule has 13 heteroatoms. The molecule has 2 N–H and O–H groups in total. The maximum atomic E-state index is 13.0. The van der Waals surface area contributed by atoms with Gasteiger partial charge in [0.25, 0.3) is 15.9 Å². The van der Waals surface area contributed by atoms with Crippen molar-refractivity contribution in [1.82, 2.24) is 9.62 Å². The number of nitrogens with zero attached hydrogens (tertiary/aromatic N) is 1. The molecule has 0 atom stereocenters. The van der Waals surface area contributed by atoms with Gasteiger partial charge in [-0.25, -0.2) is 21.2 Å². The van der Waals surface area contributed by atoms with E-state index in [4.69, 9.17) is 9.47 Å². The highest BCUT2D eigenvalue weighted by molar-refractivity contribution is 7.92. The lowest BCUT2D eigenvalue weighted by Gasteiger charge is -2.26. The summed E-state index contributed by atoms with van der Waals surface area (Å²) in [7, 11) is -7.47. The molecule has 3 aromatic carbocycles. The maximum Gasteiger partial charge on any atom is 0.261 e. The molecule has 1 aliphatic rings. The number of nitrogens with one attached hydrogen (secondary N) is 2. The highest BCUT2D eigenvalue weighted by Gasteiger charge is 2.26. The summed E-state index contributed by atoms with van der Waals surface area (Å²) in [6, 6.07) is 16.7. The van der Waals surface area contributed by atoms with E-state index in [-0.39, 0.29) is 28.6 Å². The normalized spacial score (nSPS) is 14.6. The van der Waals surface area contributed by atoms with Crippen molar-refractivity contribution in [2.24, 2.45) is 0 Å². The van der Waals surface area contributed by atoms with Crippen LogP contribution in [0.15, 0.2) is 82.6 Å². The van der Waals surface area contributed by atoms with Crippen LogP contribution in [-0.4, -0.2) is 60.0 Å². The number of amides is 1. The maximum absolute atomic E-state index is 13.0. The minimum atomic E-state index is -3.89. The average molecular weight is 564 g/mol. The summed E-state index contributed by atoms with van der Waals surface area (Å²) in [5.74, 6) is -0.602. The molecule has 1 amide bonds. The predicted octanol–water partition coefficient (Wildman–Crippen LogP) is 2.34. The molecule has 1 heterocycles. The van der Waals surface area contributed by atoms with E-state index in [9.17, 15) is 26.0 Å². The van der Waals surface area contributed by atoms with E-state index in [1.54, 1.807) is 12.1 Å². The molecule has 0 spiro atoms. The molecular weight excluding hydrogens is 537 g/mol. The van der Waals surface area contributed by atoms with Crippen molar-refractivity contribution in [1.29, 1.82) is 0 Å². The molecular formula is C25H26FN3O7S2. The molecule has 202 valence electrons. The number of sulfonamides is 2. The average Bonchev–Trinajstić information content (AvgIpc) is 2.93. The third-order valence-corrected chi connectivity index (χ3v) is 8.93. The summed E-state index contributed by atoms with van der Waals surface area (Å²) in [5, 5.41) is 2.68. The number of halogens is 1. The first-order valence-electron chi connectivity index (χ1n) is 11.6. The minimum Gasteiger partial charge on any atom is -0.484 e. The summed E-state index contributed by atoms with van der Waals surface area (Å²) in [6.07, 6.45) is 0. The lowest BCUT2D eigenvalue weighted by molar-refractivity contribution is -0.123. The van der Waals surface area contributed by atoms with Crippen LogP contribution in [-0.2, 0) is 36.1 Å². The number of ether oxygens (including phenoxy) is 2. The summed E-state index contributed by atoms with van der Waals surface area (Å²) in [4.78, 5) is 12.3. The highest BCUT2D eigenvalue weighted by Crippen LogP contribution is 2.20. The Hall–Kier alpha value is -3.52. The van der Waals surface area contributed by atoms with Gasteiger partial charge >= 0.3 is 0 Å². The highest BCUT2D eigenvalue weighted by atomic mass is 32.2. The van der Waals surface area contributed by atoms with Crippen LogP contribution in [0.1, 0.15) is 5.56 Å². The Balaban J connectivity index is 1.25. The van der Waals surface area contributed by atoms with E-state index in [0.29, 0.717) is 37.6 Å². The third-order valence-electron chi connectivity index (χ3n) is 5.62. The van der Waals surface area contributed by atoms with Crippen LogP contribution in [0, 0.1) is 5.82 Å². The van der Waals surface area contributed by atoms with Gasteiger partial charge in [0.05, 0.1) is 23.0 Å². The van der Waals surface area contributed by atoms with Crippen LogP contribution in [0.3, 0.4) is 0 Å². The van der Waals surface area contributed by atoms with Gasteiger partial charge in [0.1, 0.15) is 11.6 Å². The number of hydrogen-bond donors (Lipinski definition) is 2. The molecule has 1 saturated heterocycles. The van der Waals surface area contributed by atoms with Crippen molar-refractivity contribution < 1.29 is 35.5 Å². The molecule has 0 unspecified atom stereocenters. The monoisotopic (exact) mass is 563 g/mol. The Kier molecular flexibility index (Phi) is 8.62. The van der Waals surface area contributed by atoms with Crippen LogP contribution >= 0.6 is 0 Å². The number of rotatable bonds is 10. The first-order chi connectivity index (χ1) is 18.1. The Morgan fingerprint density at radius 2 is 1.47 bits per heavy atom. The summed E-state index contributed by atoms with van der Waals surface area (Å²) < 4.78 is 77.7. The molecule has 0 radical (unpaired) electrons. The fourth-order valence-electron chi connectivity index (χ4n) is 3.56. The lowest BCUT2D eigenvalue weighted by atomic mass is 10.2. The Morgan fingerprint density at radius 1 is 0.868 bits per heavy atom. The number of morpholine rings is 1. The zero-order valence-corrected chi connectivity index (χ0v) is 21.8.